The van der Waals surface area contributed by atoms with Gasteiger partial charge in [0.2, 0.25) is 5.91 Å². The summed E-state index contributed by atoms with van der Waals surface area (Å²) in [6.45, 7) is 1.73. The monoisotopic (exact) mass is 332 g/mol. The summed E-state index contributed by atoms with van der Waals surface area (Å²) in [5, 5.41) is 5.85. The van der Waals surface area contributed by atoms with E-state index in [-0.39, 0.29) is 18.0 Å². The smallest absolute Gasteiger partial charge is 0.270 e. The van der Waals surface area contributed by atoms with Gasteiger partial charge in [-0.2, -0.15) is 0 Å². The minimum Gasteiger partial charge on any atom is -0.365 e. The number of primary amides is 1. The first-order valence-corrected chi connectivity index (χ1v) is 7.47. The zero-order valence-corrected chi connectivity index (χ0v) is 12.8. The molecule has 23 heavy (non-hydrogen) atoms. The Morgan fingerprint density at radius 2 is 2.17 bits per heavy atom. The molecule has 0 saturated heterocycles. The molecule has 0 aromatic carbocycles. The molecule has 2 aromatic heterocycles. The minimum absolute atomic E-state index is 0.0659. The lowest BCUT2D eigenvalue weighted by Gasteiger charge is -2.12. The molecule has 3 heterocycles. The van der Waals surface area contributed by atoms with E-state index in [1.54, 1.807) is 6.92 Å². The van der Waals surface area contributed by atoms with Gasteiger partial charge in [-0.1, -0.05) is 0 Å². The molecule has 4 N–H and O–H groups in total. The van der Waals surface area contributed by atoms with Crippen molar-refractivity contribution in [2.75, 3.05) is 5.32 Å². The third-order valence-electron chi connectivity index (χ3n) is 3.24. The van der Waals surface area contributed by atoms with E-state index in [0.717, 1.165) is 11.3 Å². The molecule has 1 atom stereocenters. The zero-order chi connectivity index (χ0) is 16.6. The highest BCUT2D eigenvalue weighted by Crippen LogP contribution is 2.24. The molecule has 0 aliphatic carbocycles. The van der Waals surface area contributed by atoms with Gasteiger partial charge in [0.15, 0.2) is 0 Å². The van der Waals surface area contributed by atoms with Crippen molar-refractivity contribution in [3.05, 3.63) is 33.7 Å². The van der Waals surface area contributed by atoms with Crippen LogP contribution < -0.4 is 16.4 Å². The summed E-state index contributed by atoms with van der Waals surface area (Å²) in [6.07, 6.45) is 2.66. The van der Waals surface area contributed by atoms with Crippen molar-refractivity contribution in [3.63, 3.8) is 0 Å². The third kappa shape index (κ3) is 2.88. The molecule has 3 rings (SSSR count). The first-order chi connectivity index (χ1) is 11.0. The van der Waals surface area contributed by atoms with E-state index in [2.05, 4.69) is 25.6 Å². The predicted molar refractivity (Wildman–Crippen MR) is 80.9 cm³/mol. The van der Waals surface area contributed by atoms with Crippen molar-refractivity contribution in [3.8, 4) is 0 Å². The number of hydrogen-bond donors (Lipinski definition) is 3. The first-order valence-electron chi connectivity index (χ1n) is 6.66. The average molecular weight is 332 g/mol. The van der Waals surface area contributed by atoms with Gasteiger partial charge in [0, 0.05) is 5.56 Å². The highest BCUT2D eigenvalue weighted by Gasteiger charge is 2.27. The Morgan fingerprint density at radius 1 is 1.39 bits per heavy atom. The second-order valence-corrected chi connectivity index (χ2v) is 5.96. The van der Waals surface area contributed by atoms with Gasteiger partial charge in [0.1, 0.15) is 27.7 Å². The number of thiazole rings is 1. The molecular weight excluding hydrogens is 320 g/mol. The largest absolute Gasteiger partial charge is 0.365 e. The van der Waals surface area contributed by atoms with Gasteiger partial charge in [-0.3, -0.25) is 14.4 Å². The SMILES string of the molecule is CC(NC(=O)c1ncnc2c1CC(=O)N2)c1ncc(C(N)=O)s1. The Kier molecular flexibility index (Phi) is 3.74. The predicted octanol–water partition coefficient (Wildman–Crippen LogP) is 0.0176. The summed E-state index contributed by atoms with van der Waals surface area (Å²) in [7, 11) is 0. The highest BCUT2D eigenvalue weighted by atomic mass is 32.1. The maximum atomic E-state index is 12.4. The Labute approximate surface area is 134 Å². The van der Waals surface area contributed by atoms with Gasteiger partial charge in [-0.25, -0.2) is 15.0 Å². The minimum atomic E-state index is -0.564. The van der Waals surface area contributed by atoms with Crippen LogP contribution in [0.3, 0.4) is 0 Å². The number of fused-ring (bicyclic) bond motifs is 1. The van der Waals surface area contributed by atoms with Crippen LogP contribution in [0, 0.1) is 0 Å². The van der Waals surface area contributed by atoms with E-state index in [0.29, 0.717) is 21.3 Å². The van der Waals surface area contributed by atoms with Gasteiger partial charge in [0.05, 0.1) is 18.7 Å². The summed E-state index contributed by atoms with van der Waals surface area (Å²) in [4.78, 5) is 47.2. The molecule has 0 spiro atoms. The molecule has 2 aromatic rings. The van der Waals surface area contributed by atoms with Crippen LogP contribution in [0.2, 0.25) is 0 Å². The van der Waals surface area contributed by atoms with Crippen molar-refractivity contribution in [2.24, 2.45) is 5.73 Å². The molecular formula is C13H12N6O3S. The number of hydrogen-bond acceptors (Lipinski definition) is 7. The molecule has 1 unspecified atom stereocenters. The summed E-state index contributed by atoms with van der Waals surface area (Å²) < 4.78 is 0. The zero-order valence-electron chi connectivity index (χ0n) is 12.0. The fraction of sp³-hybridized carbons (Fsp3) is 0.231. The average Bonchev–Trinajstić information content (AvgIpc) is 3.11. The quantitative estimate of drug-likeness (QED) is 0.721. The van der Waals surface area contributed by atoms with Crippen LogP contribution in [0.25, 0.3) is 0 Å². The molecule has 1 aliphatic heterocycles. The molecule has 0 saturated carbocycles. The van der Waals surface area contributed by atoms with Crippen LogP contribution in [-0.4, -0.2) is 32.7 Å². The van der Waals surface area contributed by atoms with E-state index < -0.39 is 17.9 Å². The summed E-state index contributed by atoms with van der Waals surface area (Å²) in [5.74, 6) is -0.879. The number of anilines is 1. The number of amides is 3. The molecule has 9 nitrogen and oxygen atoms in total. The summed E-state index contributed by atoms with van der Waals surface area (Å²) >= 11 is 1.11. The first kappa shape index (κ1) is 15.0. The van der Waals surface area contributed by atoms with Crippen LogP contribution in [0.1, 0.15) is 43.7 Å². The molecule has 0 bridgehead atoms. The lowest BCUT2D eigenvalue weighted by Crippen LogP contribution is -2.28. The van der Waals surface area contributed by atoms with E-state index >= 15 is 0 Å². The number of aromatic nitrogens is 3. The number of carbonyl (C=O) groups excluding carboxylic acids is 3. The molecule has 0 fully saturated rings. The number of nitrogens with one attached hydrogen (secondary N) is 2. The molecule has 118 valence electrons. The molecule has 0 radical (unpaired) electrons. The van der Waals surface area contributed by atoms with E-state index in [9.17, 15) is 14.4 Å². The van der Waals surface area contributed by atoms with Gasteiger partial charge < -0.3 is 16.4 Å². The Morgan fingerprint density at radius 3 is 2.87 bits per heavy atom. The highest BCUT2D eigenvalue weighted by molar-refractivity contribution is 7.13. The Bertz CT molecular complexity index is 818. The fourth-order valence-electron chi connectivity index (χ4n) is 2.15. The topological polar surface area (TPSA) is 140 Å². The molecule has 10 heteroatoms. The lowest BCUT2D eigenvalue weighted by molar-refractivity contribution is -0.115. The van der Waals surface area contributed by atoms with Crippen LogP contribution in [0.5, 0.6) is 0 Å². The van der Waals surface area contributed by atoms with Crippen LogP contribution in [-0.2, 0) is 11.2 Å². The lowest BCUT2D eigenvalue weighted by atomic mass is 10.1. The van der Waals surface area contributed by atoms with Gasteiger partial charge in [-0.05, 0) is 6.92 Å². The number of nitrogens with zero attached hydrogens (tertiary/aromatic N) is 3. The van der Waals surface area contributed by atoms with Crippen molar-refractivity contribution < 1.29 is 14.4 Å². The normalized spacial score (nSPS) is 14.0. The second kappa shape index (κ2) is 5.72. The summed E-state index contributed by atoms with van der Waals surface area (Å²) in [5.41, 5.74) is 5.80. The van der Waals surface area contributed by atoms with Crippen molar-refractivity contribution in [1.29, 1.82) is 0 Å². The van der Waals surface area contributed by atoms with Crippen molar-refractivity contribution in [2.45, 2.75) is 19.4 Å². The Hall–Kier alpha value is -2.88. The van der Waals surface area contributed by atoms with Gasteiger partial charge in [0.25, 0.3) is 11.8 Å². The number of rotatable bonds is 4. The fourth-order valence-corrected chi connectivity index (χ4v) is 2.92. The molecule has 1 aliphatic rings. The van der Waals surface area contributed by atoms with Gasteiger partial charge in [-0.15, -0.1) is 11.3 Å². The third-order valence-corrected chi connectivity index (χ3v) is 4.43. The maximum absolute atomic E-state index is 12.4. The second-order valence-electron chi connectivity index (χ2n) is 4.90. The van der Waals surface area contributed by atoms with Crippen LogP contribution >= 0.6 is 11.3 Å². The van der Waals surface area contributed by atoms with Gasteiger partial charge >= 0.3 is 0 Å². The Balaban J connectivity index is 1.78. The molecule has 3 amide bonds. The van der Waals surface area contributed by atoms with E-state index in [1.165, 1.54) is 12.5 Å². The van der Waals surface area contributed by atoms with Crippen molar-refractivity contribution in [1.82, 2.24) is 20.3 Å². The number of carbonyl (C=O) groups is 3. The van der Waals surface area contributed by atoms with Crippen LogP contribution in [0.4, 0.5) is 5.82 Å². The number of nitrogens with two attached hydrogens (primary N) is 1. The van der Waals surface area contributed by atoms with Crippen molar-refractivity contribution >= 4 is 34.9 Å². The van der Waals surface area contributed by atoms with E-state index in [4.69, 9.17) is 5.73 Å². The van der Waals surface area contributed by atoms with Crippen LogP contribution in [0.15, 0.2) is 12.5 Å². The summed E-state index contributed by atoms with van der Waals surface area (Å²) in [6, 6.07) is -0.434. The standard InChI is InChI=1S/C13H12N6O3S/c1-5(13-15-3-7(23-13)10(14)21)18-12(22)9-6-2-8(20)19-11(6)17-4-16-9/h3-5H,2H2,1H3,(H2,14,21)(H,18,22)(H,16,17,19,20). The van der Waals surface area contributed by atoms with E-state index in [1.807, 2.05) is 0 Å². The maximum Gasteiger partial charge on any atom is 0.270 e.